The van der Waals surface area contributed by atoms with Gasteiger partial charge in [0.2, 0.25) is 0 Å². The zero-order valence-electron chi connectivity index (χ0n) is 10.6. The van der Waals surface area contributed by atoms with Gasteiger partial charge in [0, 0.05) is 23.7 Å². The van der Waals surface area contributed by atoms with Crippen LogP contribution in [-0.4, -0.2) is 30.3 Å². The van der Waals surface area contributed by atoms with Crippen LogP contribution >= 0.6 is 11.8 Å². The van der Waals surface area contributed by atoms with E-state index in [1.54, 1.807) is 17.8 Å². The summed E-state index contributed by atoms with van der Waals surface area (Å²) < 4.78 is 13.3. The quantitative estimate of drug-likeness (QED) is 0.761. The van der Waals surface area contributed by atoms with Crippen molar-refractivity contribution in [1.82, 2.24) is 4.90 Å². The van der Waals surface area contributed by atoms with Crippen molar-refractivity contribution in [1.29, 1.82) is 0 Å². The summed E-state index contributed by atoms with van der Waals surface area (Å²) in [6, 6.07) is 5.04. The highest BCUT2D eigenvalue weighted by molar-refractivity contribution is 7.99. The molecule has 1 aromatic rings. The van der Waals surface area contributed by atoms with E-state index in [9.17, 15) is 4.39 Å². The van der Waals surface area contributed by atoms with E-state index in [4.69, 9.17) is 5.73 Å². The van der Waals surface area contributed by atoms with Gasteiger partial charge in [-0.3, -0.25) is 0 Å². The third-order valence-electron chi connectivity index (χ3n) is 2.74. The molecule has 0 aliphatic rings. The summed E-state index contributed by atoms with van der Waals surface area (Å²) in [6.07, 6.45) is 0. The molecule has 0 aromatic heterocycles. The van der Waals surface area contributed by atoms with Crippen LogP contribution in [0.4, 0.5) is 4.39 Å². The van der Waals surface area contributed by atoms with Gasteiger partial charge < -0.3 is 10.6 Å². The molecular formula is C13H21FN2S. The van der Waals surface area contributed by atoms with Crippen LogP contribution in [0.25, 0.3) is 0 Å². The molecular weight excluding hydrogens is 235 g/mol. The molecule has 0 aliphatic heterocycles. The highest BCUT2D eigenvalue weighted by Crippen LogP contribution is 2.20. The molecule has 0 heterocycles. The Kier molecular flexibility index (Phi) is 6.55. The summed E-state index contributed by atoms with van der Waals surface area (Å²) >= 11 is 1.69. The van der Waals surface area contributed by atoms with Gasteiger partial charge in [-0.1, -0.05) is 13.8 Å². The number of thioether (sulfide) groups is 1. The Hall–Kier alpha value is -0.580. The molecule has 0 atom stereocenters. The maximum Gasteiger partial charge on any atom is 0.124 e. The maximum atomic E-state index is 13.3. The Morgan fingerprint density at radius 2 is 1.94 bits per heavy atom. The van der Waals surface area contributed by atoms with Crippen LogP contribution in [0.5, 0.6) is 0 Å². The number of halogens is 1. The minimum Gasteiger partial charge on any atom is -0.326 e. The molecule has 0 saturated carbocycles. The first-order chi connectivity index (χ1) is 8.19. The van der Waals surface area contributed by atoms with E-state index in [0.717, 1.165) is 35.8 Å². The fraction of sp³-hybridized carbons (Fsp3) is 0.538. The highest BCUT2D eigenvalue weighted by atomic mass is 32.2. The highest BCUT2D eigenvalue weighted by Gasteiger charge is 2.02. The standard InChI is InChI=1S/C13H21FN2S/c1-3-16(4-2)5-6-17-13-8-11(10-15)7-12(14)9-13/h7-9H,3-6,10,15H2,1-2H3. The summed E-state index contributed by atoms with van der Waals surface area (Å²) in [7, 11) is 0. The van der Waals surface area contributed by atoms with Crippen LogP contribution in [0.15, 0.2) is 23.1 Å². The zero-order chi connectivity index (χ0) is 12.7. The van der Waals surface area contributed by atoms with Gasteiger partial charge >= 0.3 is 0 Å². The second kappa shape index (κ2) is 7.69. The smallest absolute Gasteiger partial charge is 0.124 e. The van der Waals surface area contributed by atoms with Gasteiger partial charge in [-0.25, -0.2) is 4.39 Å². The zero-order valence-corrected chi connectivity index (χ0v) is 11.4. The average molecular weight is 256 g/mol. The largest absolute Gasteiger partial charge is 0.326 e. The Balaban J connectivity index is 2.48. The molecule has 1 rings (SSSR count). The molecule has 0 radical (unpaired) electrons. The summed E-state index contributed by atoms with van der Waals surface area (Å²) in [5.74, 6) is 0.785. The van der Waals surface area contributed by atoms with Crippen molar-refractivity contribution in [3.63, 3.8) is 0 Å². The van der Waals surface area contributed by atoms with Crippen molar-refractivity contribution in [3.8, 4) is 0 Å². The minimum absolute atomic E-state index is 0.196. The van der Waals surface area contributed by atoms with Crippen molar-refractivity contribution in [2.45, 2.75) is 25.3 Å². The van der Waals surface area contributed by atoms with E-state index in [1.165, 1.54) is 6.07 Å². The third kappa shape index (κ3) is 5.06. The third-order valence-corrected chi connectivity index (χ3v) is 3.69. The lowest BCUT2D eigenvalue weighted by Gasteiger charge is -2.17. The fourth-order valence-electron chi connectivity index (χ4n) is 1.65. The van der Waals surface area contributed by atoms with Gasteiger partial charge in [-0.2, -0.15) is 0 Å². The predicted octanol–water partition coefficient (Wildman–Crippen LogP) is 2.72. The number of nitrogens with two attached hydrogens (primary N) is 1. The van der Waals surface area contributed by atoms with E-state index in [2.05, 4.69) is 18.7 Å². The van der Waals surface area contributed by atoms with Gasteiger partial charge in [-0.05, 0) is 36.9 Å². The number of hydrogen-bond donors (Lipinski definition) is 1. The molecule has 96 valence electrons. The van der Waals surface area contributed by atoms with E-state index >= 15 is 0 Å². The van der Waals surface area contributed by atoms with Crippen LogP contribution in [0.1, 0.15) is 19.4 Å². The molecule has 4 heteroatoms. The van der Waals surface area contributed by atoms with Crippen molar-refractivity contribution in [2.24, 2.45) is 5.73 Å². The lowest BCUT2D eigenvalue weighted by Crippen LogP contribution is -2.25. The SMILES string of the molecule is CCN(CC)CCSc1cc(F)cc(CN)c1. The maximum absolute atomic E-state index is 13.3. The van der Waals surface area contributed by atoms with Gasteiger partial charge in [0.25, 0.3) is 0 Å². The first-order valence-corrected chi connectivity index (χ1v) is 7.02. The van der Waals surface area contributed by atoms with Gasteiger partial charge in [0.15, 0.2) is 0 Å². The molecule has 0 unspecified atom stereocenters. The van der Waals surface area contributed by atoms with Gasteiger partial charge in [0.05, 0.1) is 0 Å². The average Bonchev–Trinajstić information content (AvgIpc) is 2.34. The summed E-state index contributed by atoms with van der Waals surface area (Å²) in [5.41, 5.74) is 6.38. The molecule has 0 fully saturated rings. The molecule has 0 spiro atoms. The van der Waals surface area contributed by atoms with E-state index in [0.29, 0.717) is 6.54 Å². The second-order valence-corrected chi connectivity index (χ2v) is 5.04. The van der Waals surface area contributed by atoms with Gasteiger partial charge in [0.1, 0.15) is 5.82 Å². The molecule has 0 saturated heterocycles. The van der Waals surface area contributed by atoms with E-state index < -0.39 is 0 Å². The number of rotatable bonds is 7. The van der Waals surface area contributed by atoms with Crippen molar-refractivity contribution >= 4 is 11.8 Å². The van der Waals surface area contributed by atoms with E-state index in [-0.39, 0.29) is 5.82 Å². The first kappa shape index (κ1) is 14.5. The summed E-state index contributed by atoms with van der Waals surface area (Å²) in [5, 5.41) is 0. The second-order valence-electron chi connectivity index (χ2n) is 3.87. The molecule has 0 aliphatic carbocycles. The molecule has 2 nitrogen and oxygen atoms in total. The van der Waals surface area contributed by atoms with Crippen LogP contribution in [0.2, 0.25) is 0 Å². The first-order valence-electron chi connectivity index (χ1n) is 6.04. The van der Waals surface area contributed by atoms with Crippen molar-refractivity contribution in [3.05, 3.63) is 29.6 Å². The Morgan fingerprint density at radius 3 is 2.53 bits per heavy atom. The Labute approximate surface area is 107 Å². The lowest BCUT2D eigenvalue weighted by molar-refractivity contribution is 0.324. The Bertz CT molecular complexity index is 340. The summed E-state index contributed by atoms with van der Waals surface area (Å²) in [6.45, 7) is 7.86. The van der Waals surface area contributed by atoms with Gasteiger partial charge in [-0.15, -0.1) is 11.8 Å². The van der Waals surface area contributed by atoms with Crippen LogP contribution < -0.4 is 5.73 Å². The Morgan fingerprint density at radius 1 is 1.24 bits per heavy atom. The monoisotopic (exact) mass is 256 g/mol. The normalized spacial score (nSPS) is 11.1. The van der Waals surface area contributed by atoms with Crippen LogP contribution in [0.3, 0.4) is 0 Å². The van der Waals surface area contributed by atoms with Crippen molar-refractivity contribution in [2.75, 3.05) is 25.4 Å². The topological polar surface area (TPSA) is 29.3 Å². The predicted molar refractivity (Wildman–Crippen MR) is 72.8 cm³/mol. The number of benzene rings is 1. The minimum atomic E-state index is -0.196. The van der Waals surface area contributed by atoms with Crippen LogP contribution in [-0.2, 0) is 6.54 Å². The molecule has 1 aromatic carbocycles. The summed E-state index contributed by atoms with van der Waals surface area (Å²) in [4.78, 5) is 3.33. The molecule has 0 bridgehead atoms. The number of hydrogen-bond acceptors (Lipinski definition) is 3. The number of nitrogens with zero attached hydrogens (tertiary/aromatic N) is 1. The fourth-order valence-corrected chi connectivity index (χ4v) is 2.67. The lowest BCUT2D eigenvalue weighted by atomic mass is 10.2. The van der Waals surface area contributed by atoms with Crippen LogP contribution in [0, 0.1) is 5.82 Å². The molecule has 17 heavy (non-hydrogen) atoms. The molecule has 2 N–H and O–H groups in total. The van der Waals surface area contributed by atoms with Crippen molar-refractivity contribution < 1.29 is 4.39 Å². The van der Waals surface area contributed by atoms with E-state index in [1.807, 2.05) is 6.07 Å². The molecule has 0 amide bonds.